The van der Waals surface area contributed by atoms with Gasteiger partial charge in [0.25, 0.3) is 11.8 Å². The molecule has 3 rings (SSSR count). The molecule has 0 spiro atoms. The zero-order valence-corrected chi connectivity index (χ0v) is 12.6. The van der Waals surface area contributed by atoms with E-state index in [0.29, 0.717) is 5.69 Å². The number of aliphatic hydroxyl groups excluding tert-OH is 1. The molecule has 1 aromatic carbocycles. The molecule has 2 heterocycles. The van der Waals surface area contributed by atoms with Gasteiger partial charge in [-0.3, -0.25) is 19.2 Å². The van der Waals surface area contributed by atoms with Crippen molar-refractivity contribution in [3.63, 3.8) is 0 Å². The maximum atomic E-state index is 12.2. The number of aliphatic hydroxyl groups is 1. The highest BCUT2D eigenvalue weighted by atomic mass is 16.3. The summed E-state index contributed by atoms with van der Waals surface area (Å²) in [6, 6.07) is 9.29. The van der Waals surface area contributed by atoms with Crippen molar-refractivity contribution >= 4 is 17.5 Å². The summed E-state index contributed by atoms with van der Waals surface area (Å²) in [4.78, 5) is 25.0. The Morgan fingerprint density at radius 3 is 2.70 bits per heavy atom. The zero-order valence-electron chi connectivity index (χ0n) is 12.6. The molecule has 23 heavy (non-hydrogen) atoms. The van der Waals surface area contributed by atoms with Crippen LogP contribution in [0.3, 0.4) is 0 Å². The smallest absolute Gasteiger partial charge is 0.277 e. The molecule has 7 heteroatoms. The fourth-order valence-electron chi connectivity index (χ4n) is 2.43. The van der Waals surface area contributed by atoms with Gasteiger partial charge in [0.2, 0.25) is 0 Å². The summed E-state index contributed by atoms with van der Waals surface area (Å²) in [7, 11) is 1.83. The van der Waals surface area contributed by atoms with Gasteiger partial charge in [0.1, 0.15) is 5.70 Å². The third kappa shape index (κ3) is 2.86. The first-order valence-electron chi connectivity index (χ1n) is 7.14. The molecule has 0 atom stereocenters. The lowest BCUT2D eigenvalue weighted by atomic mass is 10.1. The molecule has 0 saturated carbocycles. The van der Waals surface area contributed by atoms with Gasteiger partial charge in [-0.25, -0.2) is 0 Å². The molecule has 0 bridgehead atoms. The number of anilines is 1. The molecule has 118 valence electrons. The van der Waals surface area contributed by atoms with Crippen LogP contribution in [0.5, 0.6) is 0 Å². The number of nitrogens with one attached hydrogen (secondary N) is 1. The first-order valence-corrected chi connectivity index (χ1v) is 7.14. The minimum atomic E-state index is -0.445. The Morgan fingerprint density at radius 1 is 1.22 bits per heavy atom. The number of rotatable bonds is 5. The van der Waals surface area contributed by atoms with E-state index >= 15 is 0 Å². The lowest BCUT2D eigenvalue weighted by Gasteiger charge is -2.14. The number of aromatic nitrogens is 2. The number of hydrogen-bond donors (Lipinski definition) is 2. The van der Waals surface area contributed by atoms with Crippen LogP contribution in [-0.4, -0.2) is 44.8 Å². The topological polar surface area (TPSA) is 87.5 Å². The van der Waals surface area contributed by atoms with Crippen LogP contribution < -0.4 is 5.32 Å². The quantitative estimate of drug-likeness (QED) is 0.795. The second kappa shape index (κ2) is 6.05. The molecule has 2 amide bonds. The highest BCUT2D eigenvalue weighted by Crippen LogP contribution is 2.28. The molecule has 0 radical (unpaired) electrons. The van der Waals surface area contributed by atoms with Crippen LogP contribution in [0.25, 0.3) is 11.3 Å². The Labute approximate surface area is 132 Å². The van der Waals surface area contributed by atoms with Gasteiger partial charge in [-0.15, -0.1) is 0 Å². The summed E-state index contributed by atoms with van der Waals surface area (Å²) in [6.07, 6.45) is 3.08. The number of nitrogens with zero attached hydrogens (tertiary/aromatic N) is 3. The van der Waals surface area contributed by atoms with Crippen LogP contribution in [0, 0.1) is 0 Å². The van der Waals surface area contributed by atoms with Crippen molar-refractivity contribution < 1.29 is 14.7 Å². The molecule has 1 aliphatic heterocycles. The molecular weight excluding hydrogens is 296 g/mol. The van der Waals surface area contributed by atoms with Gasteiger partial charge in [-0.05, 0) is 12.1 Å². The second-order valence-corrected chi connectivity index (χ2v) is 5.12. The zero-order chi connectivity index (χ0) is 16.4. The number of β-amino-alcohol motifs (C(OH)–C–C–N with tert-alkyl or cyclic N) is 1. The van der Waals surface area contributed by atoms with Crippen LogP contribution in [0.1, 0.15) is 0 Å². The predicted molar refractivity (Wildman–Crippen MR) is 84.2 cm³/mol. The van der Waals surface area contributed by atoms with E-state index in [1.54, 1.807) is 4.68 Å². The first-order chi connectivity index (χ1) is 11.1. The Hall–Kier alpha value is -2.93. The number of para-hydroxylation sites is 1. The van der Waals surface area contributed by atoms with Crippen LogP contribution in [0.15, 0.2) is 48.3 Å². The van der Waals surface area contributed by atoms with Crippen LogP contribution >= 0.6 is 0 Å². The van der Waals surface area contributed by atoms with Crippen molar-refractivity contribution in [1.29, 1.82) is 0 Å². The number of carbonyl (C=O) groups is 2. The van der Waals surface area contributed by atoms with E-state index in [1.807, 2.05) is 43.6 Å². The fourth-order valence-corrected chi connectivity index (χ4v) is 2.43. The molecule has 0 fully saturated rings. The summed E-state index contributed by atoms with van der Waals surface area (Å²) in [5.41, 5.74) is 2.46. The lowest BCUT2D eigenvalue weighted by Crippen LogP contribution is -2.34. The van der Waals surface area contributed by atoms with E-state index in [0.717, 1.165) is 16.2 Å². The number of benzene rings is 1. The normalized spacial score (nSPS) is 14.3. The van der Waals surface area contributed by atoms with Gasteiger partial charge in [0.05, 0.1) is 18.8 Å². The summed E-state index contributed by atoms with van der Waals surface area (Å²) in [5.74, 6) is -0.873. The van der Waals surface area contributed by atoms with Crippen molar-refractivity contribution in [2.45, 2.75) is 0 Å². The van der Waals surface area contributed by atoms with Crippen LogP contribution in [0.4, 0.5) is 5.69 Å². The lowest BCUT2D eigenvalue weighted by molar-refractivity contribution is -0.137. The van der Waals surface area contributed by atoms with Crippen molar-refractivity contribution in [2.24, 2.45) is 7.05 Å². The van der Waals surface area contributed by atoms with Crippen LogP contribution in [-0.2, 0) is 16.6 Å². The number of hydrogen-bond acceptors (Lipinski definition) is 5. The van der Waals surface area contributed by atoms with Crippen molar-refractivity contribution in [3.8, 4) is 11.3 Å². The third-order valence-electron chi connectivity index (χ3n) is 3.52. The molecule has 0 saturated heterocycles. The van der Waals surface area contributed by atoms with Crippen molar-refractivity contribution in [3.05, 3.63) is 48.3 Å². The Morgan fingerprint density at radius 2 is 2.00 bits per heavy atom. The standard InChI is InChI=1S/C16H16N4O3/c1-19-7-6-13(18-19)11-4-2-3-5-12(11)17-14-10-15(22)20(8-9-21)16(14)23/h2-7,10,17,21H,8-9H2,1H3. The molecule has 1 aromatic heterocycles. The molecule has 7 nitrogen and oxygen atoms in total. The van der Waals surface area contributed by atoms with E-state index in [4.69, 9.17) is 5.11 Å². The molecule has 1 aliphatic rings. The summed E-state index contributed by atoms with van der Waals surface area (Å²) >= 11 is 0. The van der Waals surface area contributed by atoms with E-state index in [1.165, 1.54) is 6.08 Å². The fraction of sp³-hybridized carbons (Fsp3) is 0.188. The third-order valence-corrected chi connectivity index (χ3v) is 3.52. The van der Waals surface area contributed by atoms with Crippen molar-refractivity contribution in [2.75, 3.05) is 18.5 Å². The largest absolute Gasteiger partial charge is 0.395 e. The first kappa shape index (κ1) is 15.0. The predicted octanol–water partition coefficient (Wildman–Crippen LogP) is 0.744. The molecular formula is C16H16N4O3. The number of amides is 2. The average Bonchev–Trinajstić information content (AvgIpc) is 3.07. The Bertz CT molecular complexity index is 794. The molecule has 2 aromatic rings. The van der Waals surface area contributed by atoms with Gasteiger partial charge in [-0.2, -0.15) is 5.10 Å². The number of aryl methyl sites for hydroxylation is 1. The van der Waals surface area contributed by atoms with Gasteiger partial charge in [0.15, 0.2) is 0 Å². The minimum absolute atomic E-state index is 0.0127. The Kier molecular flexibility index (Phi) is 3.94. The summed E-state index contributed by atoms with van der Waals surface area (Å²) in [5, 5.41) is 16.3. The molecule has 0 unspecified atom stereocenters. The maximum Gasteiger partial charge on any atom is 0.277 e. The molecule has 0 aliphatic carbocycles. The number of carbonyl (C=O) groups excluding carboxylic acids is 2. The summed E-state index contributed by atoms with van der Waals surface area (Å²) < 4.78 is 1.69. The molecule has 2 N–H and O–H groups in total. The van der Waals surface area contributed by atoms with Gasteiger partial charge in [0, 0.05) is 30.6 Å². The van der Waals surface area contributed by atoms with E-state index in [9.17, 15) is 9.59 Å². The van der Waals surface area contributed by atoms with E-state index in [2.05, 4.69) is 10.4 Å². The summed E-state index contributed by atoms with van der Waals surface area (Å²) in [6.45, 7) is -0.273. The van der Waals surface area contributed by atoms with E-state index < -0.39 is 11.8 Å². The van der Waals surface area contributed by atoms with Gasteiger partial charge >= 0.3 is 0 Å². The van der Waals surface area contributed by atoms with E-state index in [-0.39, 0.29) is 18.8 Å². The van der Waals surface area contributed by atoms with Crippen LogP contribution in [0.2, 0.25) is 0 Å². The SMILES string of the molecule is Cn1ccc(-c2ccccc2NC2=CC(=O)N(CCO)C2=O)n1. The highest BCUT2D eigenvalue weighted by Gasteiger charge is 2.30. The van der Waals surface area contributed by atoms with Gasteiger partial charge in [-0.1, -0.05) is 18.2 Å². The average molecular weight is 312 g/mol. The number of imide groups is 1. The monoisotopic (exact) mass is 312 g/mol. The minimum Gasteiger partial charge on any atom is -0.395 e. The van der Waals surface area contributed by atoms with Gasteiger partial charge < -0.3 is 10.4 Å². The maximum absolute atomic E-state index is 12.2. The van der Waals surface area contributed by atoms with Crippen molar-refractivity contribution in [1.82, 2.24) is 14.7 Å². The highest BCUT2D eigenvalue weighted by molar-refractivity contribution is 6.17. The Balaban J connectivity index is 1.89. The second-order valence-electron chi connectivity index (χ2n) is 5.12.